The van der Waals surface area contributed by atoms with Crippen LogP contribution >= 0.6 is 0 Å². The fraction of sp³-hybridized carbons (Fsp3) is 0.300. The van der Waals surface area contributed by atoms with Gasteiger partial charge in [0.2, 0.25) is 0 Å². The molecule has 2 aromatic rings. The Morgan fingerprint density at radius 2 is 1.64 bits per heavy atom. The number of hydrogen-bond donors (Lipinski definition) is 1. The molecular weight excluding hydrogens is 318 g/mol. The zero-order valence-electron chi connectivity index (χ0n) is 14.7. The molecular formula is C20H23NO4. The fourth-order valence-electron chi connectivity index (χ4n) is 2.66. The van der Waals surface area contributed by atoms with Crippen molar-refractivity contribution in [3.63, 3.8) is 0 Å². The van der Waals surface area contributed by atoms with Crippen LogP contribution in [0.4, 0.5) is 0 Å². The maximum atomic E-state index is 12.6. The number of hydrogen-bond acceptors (Lipinski definition) is 4. The van der Waals surface area contributed by atoms with Crippen molar-refractivity contribution in [1.82, 2.24) is 5.32 Å². The van der Waals surface area contributed by atoms with E-state index in [0.717, 1.165) is 16.7 Å². The molecule has 0 spiro atoms. The molecule has 0 aliphatic carbocycles. The van der Waals surface area contributed by atoms with Crippen LogP contribution < -0.4 is 5.32 Å². The van der Waals surface area contributed by atoms with Crippen molar-refractivity contribution in [3.05, 3.63) is 71.3 Å². The minimum atomic E-state index is -0.787. The van der Waals surface area contributed by atoms with Crippen LogP contribution in [0.1, 0.15) is 22.8 Å². The normalized spacial score (nSPS) is 12.9. The summed E-state index contributed by atoms with van der Waals surface area (Å²) in [4.78, 5) is 24.8. The summed E-state index contributed by atoms with van der Waals surface area (Å²) in [6, 6.07) is 16.1. The fourth-order valence-corrected chi connectivity index (χ4v) is 2.66. The molecule has 2 atom stereocenters. The van der Waals surface area contributed by atoms with Crippen LogP contribution in [0.25, 0.3) is 0 Å². The van der Waals surface area contributed by atoms with Gasteiger partial charge in [-0.05, 0) is 23.6 Å². The van der Waals surface area contributed by atoms with Crippen LogP contribution in [-0.4, -0.2) is 32.1 Å². The average molecular weight is 341 g/mol. The number of ether oxygens (including phenoxy) is 2. The van der Waals surface area contributed by atoms with Gasteiger partial charge in [-0.2, -0.15) is 0 Å². The Morgan fingerprint density at radius 3 is 2.24 bits per heavy atom. The van der Waals surface area contributed by atoms with Gasteiger partial charge in [0.25, 0.3) is 5.91 Å². The monoisotopic (exact) mass is 341 g/mol. The lowest BCUT2D eigenvalue weighted by atomic mass is 10.0. The Balaban J connectivity index is 2.17. The minimum absolute atomic E-state index is 0.357. The van der Waals surface area contributed by atoms with Crippen LogP contribution in [0, 0.1) is 6.92 Å². The van der Waals surface area contributed by atoms with Gasteiger partial charge in [-0.1, -0.05) is 54.6 Å². The molecule has 1 amide bonds. The zero-order chi connectivity index (χ0) is 18.2. The topological polar surface area (TPSA) is 64.6 Å². The van der Waals surface area contributed by atoms with E-state index >= 15 is 0 Å². The number of rotatable bonds is 7. The van der Waals surface area contributed by atoms with Crippen LogP contribution in [0.2, 0.25) is 0 Å². The predicted octanol–water partition coefficient (Wildman–Crippen LogP) is 2.58. The number of benzene rings is 2. The van der Waals surface area contributed by atoms with E-state index in [9.17, 15) is 9.59 Å². The van der Waals surface area contributed by atoms with Gasteiger partial charge >= 0.3 is 5.97 Å². The quantitative estimate of drug-likeness (QED) is 0.786. The third-order valence-electron chi connectivity index (χ3n) is 4.06. The third kappa shape index (κ3) is 4.90. The van der Waals surface area contributed by atoms with Crippen LogP contribution in [0.3, 0.4) is 0 Å². The number of aryl methyl sites for hydroxylation is 1. The summed E-state index contributed by atoms with van der Waals surface area (Å²) in [5, 5.41) is 2.75. The molecule has 0 unspecified atom stereocenters. The summed E-state index contributed by atoms with van der Waals surface area (Å²) < 4.78 is 10.2. The summed E-state index contributed by atoms with van der Waals surface area (Å²) in [5.41, 5.74) is 2.76. The first kappa shape index (κ1) is 18.7. The smallest absolute Gasteiger partial charge is 0.328 e. The second-order valence-corrected chi connectivity index (χ2v) is 5.74. The molecule has 5 nitrogen and oxygen atoms in total. The lowest BCUT2D eigenvalue weighted by molar-refractivity contribution is -0.146. The highest BCUT2D eigenvalue weighted by Gasteiger charge is 2.27. The lowest BCUT2D eigenvalue weighted by Gasteiger charge is -2.21. The van der Waals surface area contributed by atoms with Gasteiger partial charge in [-0.15, -0.1) is 0 Å². The van der Waals surface area contributed by atoms with Gasteiger partial charge in [0, 0.05) is 13.5 Å². The van der Waals surface area contributed by atoms with Crippen LogP contribution in [0.5, 0.6) is 0 Å². The van der Waals surface area contributed by atoms with Gasteiger partial charge in [-0.3, -0.25) is 4.79 Å². The van der Waals surface area contributed by atoms with Crippen molar-refractivity contribution in [1.29, 1.82) is 0 Å². The summed E-state index contributed by atoms with van der Waals surface area (Å²) >= 11 is 0. The van der Waals surface area contributed by atoms with Crippen molar-refractivity contribution >= 4 is 11.9 Å². The zero-order valence-corrected chi connectivity index (χ0v) is 14.7. The van der Waals surface area contributed by atoms with E-state index in [0.29, 0.717) is 6.42 Å². The van der Waals surface area contributed by atoms with Crippen molar-refractivity contribution < 1.29 is 19.1 Å². The molecule has 0 aromatic heterocycles. The first-order valence-corrected chi connectivity index (χ1v) is 8.07. The van der Waals surface area contributed by atoms with Crippen molar-refractivity contribution in [3.8, 4) is 0 Å². The van der Waals surface area contributed by atoms with Gasteiger partial charge in [-0.25, -0.2) is 4.79 Å². The molecule has 2 rings (SSSR count). The molecule has 2 aromatic carbocycles. The second-order valence-electron chi connectivity index (χ2n) is 5.74. The van der Waals surface area contributed by atoms with E-state index < -0.39 is 18.1 Å². The van der Waals surface area contributed by atoms with Gasteiger partial charge in [0.15, 0.2) is 6.10 Å². The highest BCUT2D eigenvalue weighted by atomic mass is 16.5. The van der Waals surface area contributed by atoms with Crippen LogP contribution in [0.15, 0.2) is 54.6 Å². The number of nitrogens with one attached hydrogen (secondary N) is 1. The van der Waals surface area contributed by atoms with E-state index in [1.54, 1.807) is 0 Å². The van der Waals surface area contributed by atoms with Crippen LogP contribution in [-0.2, 0) is 25.5 Å². The molecule has 0 heterocycles. The highest BCUT2D eigenvalue weighted by molar-refractivity contribution is 5.87. The summed E-state index contributed by atoms with van der Waals surface area (Å²) in [6.07, 6.45) is -0.429. The van der Waals surface area contributed by atoms with E-state index in [1.165, 1.54) is 14.2 Å². The molecule has 132 valence electrons. The maximum absolute atomic E-state index is 12.6. The number of esters is 1. The van der Waals surface area contributed by atoms with Gasteiger partial charge in [0.1, 0.15) is 6.04 Å². The first-order chi connectivity index (χ1) is 12.1. The van der Waals surface area contributed by atoms with Crippen molar-refractivity contribution in [2.45, 2.75) is 25.5 Å². The highest BCUT2D eigenvalue weighted by Crippen LogP contribution is 2.17. The minimum Gasteiger partial charge on any atom is -0.467 e. The SMILES string of the molecule is COC(=O)[C@H](Cc1ccccc1C)NC(=O)[C@H](OC)c1ccccc1. The lowest BCUT2D eigenvalue weighted by Crippen LogP contribution is -2.45. The van der Waals surface area contributed by atoms with E-state index in [2.05, 4.69) is 5.32 Å². The Bertz CT molecular complexity index is 715. The van der Waals surface area contributed by atoms with Gasteiger partial charge in [0.05, 0.1) is 7.11 Å². The molecule has 5 heteroatoms. The molecule has 25 heavy (non-hydrogen) atoms. The summed E-state index contributed by atoms with van der Waals surface area (Å²) in [5.74, 6) is -0.864. The molecule has 0 saturated heterocycles. The van der Waals surface area contributed by atoms with E-state index in [1.807, 2.05) is 61.5 Å². The van der Waals surface area contributed by atoms with E-state index in [4.69, 9.17) is 9.47 Å². The molecule has 0 bridgehead atoms. The summed E-state index contributed by atoms with van der Waals surface area (Å²) in [6.45, 7) is 1.97. The predicted molar refractivity (Wildman–Crippen MR) is 95.0 cm³/mol. The molecule has 0 saturated carbocycles. The number of methoxy groups -OCH3 is 2. The molecule has 0 fully saturated rings. The molecule has 0 radical (unpaired) electrons. The Morgan fingerprint density at radius 1 is 1.00 bits per heavy atom. The van der Waals surface area contributed by atoms with Crippen molar-refractivity contribution in [2.75, 3.05) is 14.2 Å². The Hall–Kier alpha value is -2.66. The van der Waals surface area contributed by atoms with Gasteiger partial charge < -0.3 is 14.8 Å². The molecule has 0 aliphatic heterocycles. The number of carbonyl (C=O) groups is 2. The van der Waals surface area contributed by atoms with E-state index in [-0.39, 0.29) is 5.91 Å². The number of amides is 1. The maximum Gasteiger partial charge on any atom is 0.328 e. The largest absolute Gasteiger partial charge is 0.467 e. The third-order valence-corrected chi connectivity index (χ3v) is 4.06. The molecule has 1 N–H and O–H groups in total. The summed E-state index contributed by atoms with van der Waals surface area (Å²) in [7, 11) is 2.77. The number of carbonyl (C=O) groups excluding carboxylic acids is 2. The first-order valence-electron chi connectivity index (χ1n) is 8.07. The van der Waals surface area contributed by atoms with Crippen molar-refractivity contribution in [2.24, 2.45) is 0 Å². The standard InChI is InChI=1S/C20H23NO4/c1-14-9-7-8-12-16(14)13-17(20(23)25-3)21-19(22)18(24-2)15-10-5-4-6-11-15/h4-12,17-18H,13H2,1-3H3,(H,21,22)/t17-,18+/m0/s1. The Labute approximate surface area is 148 Å². The molecule has 0 aliphatic rings. The average Bonchev–Trinajstić information content (AvgIpc) is 2.63. The second kappa shape index (κ2) is 8.99. The Kier molecular flexibility index (Phi) is 6.71.